The van der Waals surface area contributed by atoms with E-state index < -0.39 is 0 Å². The average Bonchev–Trinajstić information content (AvgIpc) is 3.12. The number of nitrogens with zero attached hydrogens (tertiary/aromatic N) is 1. The summed E-state index contributed by atoms with van der Waals surface area (Å²) in [6, 6.07) is 13.2. The third kappa shape index (κ3) is 2.52. The number of benzene rings is 2. The van der Waals surface area contributed by atoms with Gasteiger partial charge in [-0.15, -0.1) is 0 Å². The highest BCUT2D eigenvalue weighted by Gasteiger charge is 2.39. The number of fused-ring (bicyclic) bond motifs is 1. The molecule has 0 aliphatic carbocycles. The minimum atomic E-state index is -0.315. The van der Waals surface area contributed by atoms with E-state index in [0.717, 1.165) is 11.1 Å². The molecule has 4 rings (SSSR count). The number of rotatable bonds is 3. The minimum Gasteiger partial charge on any atom is -0.454 e. The van der Waals surface area contributed by atoms with E-state index >= 15 is 0 Å². The topological polar surface area (TPSA) is 55.8 Å². The molecule has 2 aromatic carbocycles. The van der Waals surface area contributed by atoms with E-state index in [-0.39, 0.29) is 30.9 Å². The van der Waals surface area contributed by atoms with Crippen molar-refractivity contribution in [3.63, 3.8) is 0 Å². The van der Waals surface area contributed by atoms with Crippen molar-refractivity contribution in [2.75, 3.05) is 11.7 Å². The molecule has 5 nitrogen and oxygen atoms in total. The summed E-state index contributed by atoms with van der Waals surface area (Å²) in [6.45, 7) is 2.18. The highest BCUT2D eigenvalue weighted by molar-refractivity contribution is 6.21. The van der Waals surface area contributed by atoms with E-state index in [9.17, 15) is 9.59 Å². The maximum Gasteiger partial charge on any atom is 0.237 e. The Labute approximate surface area is 139 Å². The van der Waals surface area contributed by atoms with Crippen LogP contribution in [0.25, 0.3) is 0 Å². The van der Waals surface area contributed by atoms with Crippen molar-refractivity contribution >= 4 is 17.5 Å². The molecule has 2 amide bonds. The van der Waals surface area contributed by atoms with Crippen LogP contribution >= 0.6 is 0 Å². The standard InChI is InChI=1S/C19H17NO4/c1-12-3-2-4-13(7-12)8-14-9-18(21)20(19(14)22)15-5-6-16-17(10-15)24-11-23-16/h2-7,10,14H,8-9,11H2,1H3. The summed E-state index contributed by atoms with van der Waals surface area (Å²) >= 11 is 0. The Morgan fingerprint density at radius 1 is 1.08 bits per heavy atom. The lowest BCUT2D eigenvalue weighted by atomic mass is 9.97. The molecule has 0 spiro atoms. The third-order valence-electron chi connectivity index (χ3n) is 4.42. The maximum atomic E-state index is 12.7. The van der Waals surface area contributed by atoms with Crippen LogP contribution in [0, 0.1) is 12.8 Å². The highest BCUT2D eigenvalue weighted by Crippen LogP contribution is 2.37. The minimum absolute atomic E-state index is 0.152. The van der Waals surface area contributed by atoms with Gasteiger partial charge in [0.05, 0.1) is 11.6 Å². The van der Waals surface area contributed by atoms with Gasteiger partial charge >= 0.3 is 0 Å². The Morgan fingerprint density at radius 2 is 1.92 bits per heavy atom. The lowest BCUT2D eigenvalue weighted by Crippen LogP contribution is -2.30. The van der Waals surface area contributed by atoms with Crippen LogP contribution in [-0.2, 0) is 16.0 Å². The molecule has 1 saturated heterocycles. The van der Waals surface area contributed by atoms with Crippen LogP contribution in [-0.4, -0.2) is 18.6 Å². The first-order chi connectivity index (χ1) is 11.6. The second-order valence-electron chi connectivity index (χ2n) is 6.20. The molecule has 2 aliphatic rings. The van der Waals surface area contributed by atoms with Crippen LogP contribution in [0.2, 0.25) is 0 Å². The summed E-state index contributed by atoms with van der Waals surface area (Å²) in [5.74, 6) is 0.561. The fraction of sp³-hybridized carbons (Fsp3) is 0.263. The Hall–Kier alpha value is -2.82. The van der Waals surface area contributed by atoms with Crippen LogP contribution in [0.3, 0.4) is 0 Å². The molecule has 0 N–H and O–H groups in total. The molecular formula is C19H17NO4. The van der Waals surface area contributed by atoms with E-state index in [4.69, 9.17) is 9.47 Å². The molecule has 5 heteroatoms. The Kier molecular flexibility index (Phi) is 3.49. The molecule has 0 aromatic heterocycles. The molecule has 1 atom stereocenters. The van der Waals surface area contributed by atoms with E-state index in [1.54, 1.807) is 18.2 Å². The number of hydrogen-bond donors (Lipinski definition) is 0. The van der Waals surface area contributed by atoms with Gasteiger partial charge in [0.1, 0.15) is 0 Å². The van der Waals surface area contributed by atoms with E-state index in [1.165, 1.54) is 4.90 Å². The number of hydrogen-bond acceptors (Lipinski definition) is 4. The molecule has 1 unspecified atom stereocenters. The van der Waals surface area contributed by atoms with Crippen LogP contribution in [0.1, 0.15) is 17.5 Å². The lowest BCUT2D eigenvalue weighted by molar-refractivity contribution is -0.122. The number of amides is 2. The first-order valence-electron chi connectivity index (χ1n) is 7.94. The monoisotopic (exact) mass is 323 g/mol. The number of aryl methyl sites for hydroxylation is 1. The quantitative estimate of drug-likeness (QED) is 0.815. The van der Waals surface area contributed by atoms with Crippen LogP contribution < -0.4 is 14.4 Å². The molecule has 0 bridgehead atoms. The van der Waals surface area contributed by atoms with Gasteiger partial charge in [0, 0.05) is 12.5 Å². The van der Waals surface area contributed by atoms with Gasteiger partial charge in [0.2, 0.25) is 18.6 Å². The Morgan fingerprint density at radius 3 is 2.75 bits per heavy atom. The third-order valence-corrected chi connectivity index (χ3v) is 4.42. The van der Waals surface area contributed by atoms with E-state index in [2.05, 4.69) is 6.07 Å². The zero-order chi connectivity index (χ0) is 16.7. The number of carbonyl (C=O) groups excluding carboxylic acids is 2. The summed E-state index contributed by atoms with van der Waals surface area (Å²) in [7, 11) is 0. The van der Waals surface area contributed by atoms with Crippen LogP contribution in [0.4, 0.5) is 5.69 Å². The van der Waals surface area contributed by atoms with Crippen molar-refractivity contribution in [3.8, 4) is 11.5 Å². The second-order valence-corrected chi connectivity index (χ2v) is 6.20. The zero-order valence-corrected chi connectivity index (χ0v) is 13.3. The maximum absolute atomic E-state index is 12.7. The van der Waals surface area contributed by atoms with Crippen molar-refractivity contribution in [2.45, 2.75) is 19.8 Å². The predicted molar refractivity (Wildman–Crippen MR) is 88.0 cm³/mol. The summed E-state index contributed by atoms with van der Waals surface area (Å²) in [5.41, 5.74) is 2.77. The number of carbonyl (C=O) groups is 2. The molecular weight excluding hydrogens is 306 g/mol. The second kappa shape index (κ2) is 5.67. The van der Waals surface area contributed by atoms with E-state index in [1.807, 2.05) is 25.1 Å². The average molecular weight is 323 g/mol. The van der Waals surface area contributed by atoms with Gasteiger partial charge < -0.3 is 9.47 Å². The van der Waals surface area contributed by atoms with Crippen molar-refractivity contribution in [3.05, 3.63) is 53.6 Å². The number of anilines is 1. The molecule has 2 aliphatic heterocycles. The van der Waals surface area contributed by atoms with Crippen LogP contribution in [0.15, 0.2) is 42.5 Å². The van der Waals surface area contributed by atoms with Gasteiger partial charge in [-0.3, -0.25) is 14.5 Å². The first kappa shape index (κ1) is 14.8. The smallest absolute Gasteiger partial charge is 0.237 e. The lowest BCUT2D eigenvalue weighted by Gasteiger charge is -2.15. The highest BCUT2D eigenvalue weighted by atomic mass is 16.7. The molecule has 1 fully saturated rings. The van der Waals surface area contributed by atoms with E-state index in [0.29, 0.717) is 23.6 Å². The van der Waals surface area contributed by atoms with Crippen molar-refractivity contribution in [1.82, 2.24) is 0 Å². The van der Waals surface area contributed by atoms with Crippen molar-refractivity contribution in [1.29, 1.82) is 0 Å². The van der Waals surface area contributed by atoms with Gasteiger partial charge in [-0.2, -0.15) is 0 Å². The predicted octanol–water partition coefficient (Wildman–Crippen LogP) is 2.85. The summed E-state index contributed by atoms with van der Waals surface area (Å²) in [6.07, 6.45) is 0.814. The fourth-order valence-corrected chi connectivity index (χ4v) is 3.27. The zero-order valence-electron chi connectivity index (χ0n) is 13.3. The van der Waals surface area contributed by atoms with Gasteiger partial charge in [0.15, 0.2) is 11.5 Å². The normalized spacial score (nSPS) is 19.2. The summed E-state index contributed by atoms with van der Waals surface area (Å²) in [5, 5.41) is 0. The molecule has 0 radical (unpaired) electrons. The fourth-order valence-electron chi connectivity index (χ4n) is 3.27. The number of imide groups is 1. The molecule has 2 aromatic rings. The van der Waals surface area contributed by atoms with Gasteiger partial charge in [-0.25, -0.2) is 0 Å². The van der Waals surface area contributed by atoms with Gasteiger partial charge in [-0.1, -0.05) is 29.8 Å². The van der Waals surface area contributed by atoms with Crippen LogP contribution in [0.5, 0.6) is 11.5 Å². The Balaban J connectivity index is 1.57. The summed E-state index contributed by atoms with van der Waals surface area (Å²) in [4.78, 5) is 26.4. The molecule has 2 heterocycles. The molecule has 0 saturated carbocycles. The Bertz CT molecular complexity index is 830. The number of ether oxygens (including phenoxy) is 2. The van der Waals surface area contributed by atoms with Gasteiger partial charge in [0.25, 0.3) is 0 Å². The summed E-state index contributed by atoms with van der Waals surface area (Å²) < 4.78 is 10.6. The molecule has 24 heavy (non-hydrogen) atoms. The largest absolute Gasteiger partial charge is 0.454 e. The first-order valence-corrected chi connectivity index (χ1v) is 7.94. The van der Waals surface area contributed by atoms with Crippen molar-refractivity contribution in [2.24, 2.45) is 5.92 Å². The SMILES string of the molecule is Cc1cccc(CC2CC(=O)N(c3ccc4c(c3)OCO4)C2=O)c1. The van der Waals surface area contributed by atoms with Crippen molar-refractivity contribution < 1.29 is 19.1 Å². The molecule has 122 valence electrons. The van der Waals surface area contributed by atoms with Gasteiger partial charge in [-0.05, 0) is 31.0 Å².